The van der Waals surface area contributed by atoms with Gasteiger partial charge in [-0.1, -0.05) is 13.3 Å². The molecule has 0 atom stereocenters. The molecule has 0 fully saturated rings. The fraction of sp³-hybridized carbons (Fsp3) is 0.875. The predicted molar refractivity (Wildman–Crippen MR) is 50.4 cm³/mol. The predicted octanol–water partition coefficient (Wildman–Crippen LogP) is 1.07. The van der Waals surface area contributed by atoms with Crippen LogP contribution in [-0.2, 0) is 14.6 Å². The van der Waals surface area contributed by atoms with Crippen LogP contribution in [0.25, 0.3) is 0 Å². The number of hydrogen-bond donors (Lipinski definition) is 1. The van der Waals surface area contributed by atoms with E-state index >= 15 is 0 Å². The first-order valence-electron chi connectivity index (χ1n) is 4.40. The van der Waals surface area contributed by atoms with Crippen LogP contribution in [0.15, 0.2) is 0 Å². The number of unbranched alkanes of at least 4 members (excludes halogenated alkanes) is 2. The first kappa shape index (κ1) is 12.4. The van der Waals surface area contributed by atoms with Gasteiger partial charge in [-0.25, -0.2) is 8.42 Å². The normalized spacial score (nSPS) is 11.5. The van der Waals surface area contributed by atoms with Crippen molar-refractivity contribution in [3.05, 3.63) is 0 Å². The summed E-state index contributed by atoms with van der Waals surface area (Å²) in [6.45, 7) is 1.62. The van der Waals surface area contributed by atoms with E-state index in [0.717, 1.165) is 0 Å². The molecule has 0 aromatic rings. The number of sulfone groups is 1. The average Bonchev–Trinajstić information content (AvgIpc) is 2.03. The maximum absolute atomic E-state index is 11.0. The van der Waals surface area contributed by atoms with Crippen LogP contribution < -0.4 is 0 Å². The minimum absolute atomic E-state index is 0.131. The third kappa shape index (κ3) is 7.77. The van der Waals surface area contributed by atoms with Crippen LogP contribution in [0.4, 0.5) is 0 Å². The molecule has 0 aliphatic rings. The molecule has 0 saturated carbocycles. The number of hydrogen-bond acceptors (Lipinski definition) is 3. The van der Waals surface area contributed by atoms with Gasteiger partial charge < -0.3 is 5.11 Å². The summed E-state index contributed by atoms with van der Waals surface area (Å²) >= 11 is 0. The van der Waals surface area contributed by atoms with Gasteiger partial charge in [0.25, 0.3) is 0 Å². The Kier molecular flexibility index (Phi) is 5.70. The average molecular weight is 208 g/mol. The van der Waals surface area contributed by atoms with Gasteiger partial charge in [-0.15, -0.1) is 0 Å². The van der Waals surface area contributed by atoms with Crippen LogP contribution >= 0.6 is 0 Å². The van der Waals surface area contributed by atoms with Gasteiger partial charge in [0.2, 0.25) is 0 Å². The smallest absolute Gasteiger partial charge is 0.303 e. The van der Waals surface area contributed by atoms with Crippen molar-refractivity contribution >= 4 is 15.8 Å². The zero-order valence-electron chi connectivity index (χ0n) is 7.82. The van der Waals surface area contributed by atoms with Gasteiger partial charge in [-0.3, -0.25) is 4.79 Å². The second kappa shape index (κ2) is 5.96. The Morgan fingerprint density at radius 3 is 2.31 bits per heavy atom. The van der Waals surface area contributed by atoms with Crippen LogP contribution in [0, 0.1) is 0 Å². The van der Waals surface area contributed by atoms with E-state index < -0.39 is 15.8 Å². The Morgan fingerprint density at radius 2 is 1.85 bits per heavy atom. The molecule has 0 aliphatic heterocycles. The van der Waals surface area contributed by atoms with Crippen LogP contribution in [0.3, 0.4) is 0 Å². The van der Waals surface area contributed by atoms with E-state index in [1.807, 2.05) is 0 Å². The first-order chi connectivity index (χ1) is 5.98. The summed E-state index contributed by atoms with van der Waals surface area (Å²) in [5.74, 6) is -0.465. The molecule has 0 saturated heterocycles. The summed E-state index contributed by atoms with van der Waals surface area (Å²) in [6, 6.07) is 0. The molecule has 5 heteroatoms. The fourth-order valence-electron chi connectivity index (χ4n) is 0.919. The van der Waals surface area contributed by atoms with E-state index in [1.165, 1.54) is 0 Å². The lowest BCUT2D eigenvalue weighted by Crippen LogP contribution is -2.08. The monoisotopic (exact) mass is 208 g/mol. The van der Waals surface area contributed by atoms with Gasteiger partial charge >= 0.3 is 5.97 Å². The van der Waals surface area contributed by atoms with Crippen molar-refractivity contribution in [1.29, 1.82) is 0 Å². The maximum Gasteiger partial charge on any atom is 0.303 e. The van der Waals surface area contributed by atoms with Gasteiger partial charge in [0, 0.05) is 12.2 Å². The topological polar surface area (TPSA) is 71.4 Å². The molecule has 78 valence electrons. The van der Waals surface area contributed by atoms with Crippen molar-refractivity contribution < 1.29 is 18.3 Å². The maximum atomic E-state index is 11.0. The number of aliphatic carboxylic acids is 1. The van der Waals surface area contributed by atoms with E-state index in [4.69, 9.17) is 5.11 Å². The van der Waals surface area contributed by atoms with Gasteiger partial charge in [-0.05, 0) is 12.8 Å². The van der Waals surface area contributed by atoms with E-state index in [9.17, 15) is 13.2 Å². The van der Waals surface area contributed by atoms with Gasteiger partial charge in [0.15, 0.2) is 0 Å². The number of carbonyl (C=O) groups is 1. The van der Waals surface area contributed by atoms with Gasteiger partial charge in [0.05, 0.1) is 5.75 Å². The summed E-state index contributed by atoms with van der Waals surface area (Å²) in [5, 5.41) is 8.30. The summed E-state index contributed by atoms with van der Waals surface area (Å²) in [4.78, 5) is 10.1. The molecule has 0 aromatic heterocycles. The summed E-state index contributed by atoms with van der Waals surface area (Å²) < 4.78 is 22.0. The van der Waals surface area contributed by atoms with Crippen LogP contribution in [0.5, 0.6) is 0 Å². The molecule has 0 bridgehead atoms. The standard InChI is InChI=1S/C8H16O4S/c1-2-13(11,12)7-5-3-4-6-8(9)10/h2-7H2,1H3,(H,9,10). The molecule has 4 nitrogen and oxygen atoms in total. The summed E-state index contributed by atoms with van der Waals surface area (Å²) in [6.07, 6.45) is 1.94. The lowest BCUT2D eigenvalue weighted by molar-refractivity contribution is -0.137. The lowest BCUT2D eigenvalue weighted by atomic mass is 10.2. The molecule has 13 heavy (non-hydrogen) atoms. The number of rotatable bonds is 7. The third-order valence-corrected chi connectivity index (χ3v) is 3.58. The summed E-state index contributed by atoms with van der Waals surface area (Å²) in [7, 11) is -2.87. The first-order valence-corrected chi connectivity index (χ1v) is 6.22. The molecule has 1 N–H and O–H groups in total. The number of carboxylic acids is 1. The highest BCUT2D eigenvalue weighted by Crippen LogP contribution is 2.02. The SMILES string of the molecule is CCS(=O)(=O)CCCCCC(=O)O. The van der Waals surface area contributed by atoms with Crippen molar-refractivity contribution in [3.63, 3.8) is 0 Å². The molecular formula is C8H16O4S. The molecule has 0 unspecified atom stereocenters. The van der Waals surface area contributed by atoms with E-state index in [1.54, 1.807) is 6.92 Å². The van der Waals surface area contributed by atoms with Crippen LogP contribution in [-0.4, -0.2) is 31.0 Å². The zero-order valence-corrected chi connectivity index (χ0v) is 8.64. The van der Waals surface area contributed by atoms with Crippen molar-refractivity contribution in [2.45, 2.75) is 32.6 Å². The Labute approximate surface area is 78.9 Å². The van der Waals surface area contributed by atoms with Gasteiger partial charge in [0.1, 0.15) is 9.84 Å². The van der Waals surface area contributed by atoms with Crippen molar-refractivity contribution in [1.82, 2.24) is 0 Å². The van der Waals surface area contributed by atoms with E-state index in [0.29, 0.717) is 19.3 Å². The molecule has 0 aromatic carbocycles. The highest BCUT2D eigenvalue weighted by molar-refractivity contribution is 7.91. The van der Waals surface area contributed by atoms with Crippen molar-refractivity contribution in [2.75, 3.05) is 11.5 Å². The summed E-state index contributed by atoms with van der Waals surface area (Å²) in [5.41, 5.74) is 0. The minimum atomic E-state index is -2.87. The van der Waals surface area contributed by atoms with E-state index in [2.05, 4.69) is 0 Å². The Hall–Kier alpha value is -0.580. The minimum Gasteiger partial charge on any atom is -0.481 e. The quantitative estimate of drug-likeness (QED) is 0.635. The second-order valence-electron chi connectivity index (χ2n) is 2.94. The van der Waals surface area contributed by atoms with Gasteiger partial charge in [-0.2, -0.15) is 0 Å². The Bertz CT molecular complexity index is 243. The molecular weight excluding hydrogens is 192 g/mol. The molecule has 0 heterocycles. The highest BCUT2D eigenvalue weighted by atomic mass is 32.2. The fourth-order valence-corrected chi connectivity index (χ4v) is 1.85. The molecule has 0 rings (SSSR count). The van der Waals surface area contributed by atoms with Crippen LogP contribution in [0.1, 0.15) is 32.6 Å². The molecule has 0 aliphatic carbocycles. The third-order valence-electron chi connectivity index (χ3n) is 1.79. The Morgan fingerprint density at radius 1 is 1.23 bits per heavy atom. The molecule has 0 amide bonds. The Balaban J connectivity index is 3.42. The highest BCUT2D eigenvalue weighted by Gasteiger charge is 2.06. The van der Waals surface area contributed by atoms with E-state index in [-0.39, 0.29) is 17.9 Å². The largest absolute Gasteiger partial charge is 0.481 e. The van der Waals surface area contributed by atoms with Crippen molar-refractivity contribution in [2.24, 2.45) is 0 Å². The van der Waals surface area contributed by atoms with Crippen molar-refractivity contribution in [3.8, 4) is 0 Å². The molecule has 0 spiro atoms. The van der Waals surface area contributed by atoms with Crippen LogP contribution in [0.2, 0.25) is 0 Å². The lowest BCUT2D eigenvalue weighted by Gasteiger charge is -1.99. The zero-order chi connectivity index (χ0) is 10.3. The second-order valence-corrected chi connectivity index (χ2v) is 5.41. The molecule has 0 radical (unpaired) electrons. The number of carboxylic acid groups (broad SMARTS) is 1.